The maximum Gasteiger partial charge on any atom is 0.405 e. The van der Waals surface area contributed by atoms with Gasteiger partial charge in [0, 0.05) is 12.6 Å². The van der Waals surface area contributed by atoms with Crippen molar-refractivity contribution in [3.8, 4) is 0 Å². The van der Waals surface area contributed by atoms with Gasteiger partial charge in [0.15, 0.2) is 0 Å². The monoisotopic (exact) mass is 225 g/mol. The number of urea groups is 1. The van der Waals surface area contributed by atoms with Crippen LogP contribution in [-0.2, 0) is 0 Å². The lowest BCUT2D eigenvalue weighted by atomic mass is 10.2. The van der Waals surface area contributed by atoms with E-state index in [1.54, 1.807) is 5.32 Å². The van der Waals surface area contributed by atoms with Crippen molar-refractivity contribution < 1.29 is 18.0 Å². The predicted molar refractivity (Wildman–Crippen MR) is 48.2 cm³/mol. The summed E-state index contributed by atoms with van der Waals surface area (Å²) >= 11 is 0. The number of nitrogens with one attached hydrogen (secondary N) is 2. The first-order valence-electron chi connectivity index (χ1n) is 4.73. The normalized spacial score (nSPS) is 18.4. The van der Waals surface area contributed by atoms with Crippen LogP contribution in [0.15, 0.2) is 0 Å². The third-order valence-corrected chi connectivity index (χ3v) is 2.21. The molecule has 88 valence electrons. The molecule has 2 amide bonds. The minimum atomic E-state index is -4.38. The number of halogens is 3. The fraction of sp³-hybridized carbons (Fsp3) is 0.875. The lowest BCUT2D eigenvalue weighted by Gasteiger charge is -2.17. The molecule has 0 aliphatic heterocycles. The van der Waals surface area contributed by atoms with Crippen molar-refractivity contribution in [2.75, 3.05) is 13.1 Å². The van der Waals surface area contributed by atoms with E-state index >= 15 is 0 Å². The van der Waals surface area contributed by atoms with Crippen molar-refractivity contribution in [2.24, 2.45) is 11.7 Å². The Labute approximate surface area is 85.4 Å². The number of hydrogen-bond donors (Lipinski definition) is 3. The van der Waals surface area contributed by atoms with Crippen LogP contribution in [-0.4, -0.2) is 31.3 Å². The number of alkyl halides is 3. The molecule has 4 N–H and O–H groups in total. The minimum absolute atomic E-state index is 0.210. The van der Waals surface area contributed by atoms with Gasteiger partial charge < -0.3 is 16.4 Å². The Bertz CT molecular complexity index is 228. The summed E-state index contributed by atoms with van der Waals surface area (Å²) in [5.41, 5.74) is 5.38. The molecule has 1 aliphatic rings. The molecule has 1 rings (SSSR count). The molecule has 0 bridgehead atoms. The summed E-state index contributed by atoms with van der Waals surface area (Å²) in [5, 5.41) is 4.17. The van der Waals surface area contributed by atoms with E-state index in [1.165, 1.54) is 0 Å². The van der Waals surface area contributed by atoms with Gasteiger partial charge in [-0.2, -0.15) is 13.2 Å². The van der Waals surface area contributed by atoms with E-state index in [4.69, 9.17) is 5.73 Å². The van der Waals surface area contributed by atoms with Gasteiger partial charge in [0.1, 0.15) is 6.54 Å². The van der Waals surface area contributed by atoms with Crippen LogP contribution < -0.4 is 16.4 Å². The van der Waals surface area contributed by atoms with Crippen LogP contribution in [0.3, 0.4) is 0 Å². The van der Waals surface area contributed by atoms with Gasteiger partial charge in [0.2, 0.25) is 0 Å². The smallest absolute Gasteiger partial charge is 0.334 e. The molecule has 15 heavy (non-hydrogen) atoms. The maximum absolute atomic E-state index is 11.7. The second-order valence-electron chi connectivity index (χ2n) is 3.62. The maximum atomic E-state index is 11.7. The van der Waals surface area contributed by atoms with Crippen molar-refractivity contribution in [3.63, 3.8) is 0 Å². The molecule has 1 atom stereocenters. The molecule has 0 heterocycles. The first-order chi connectivity index (χ1) is 6.92. The van der Waals surface area contributed by atoms with Gasteiger partial charge in [0.25, 0.3) is 0 Å². The number of hydrogen-bond acceptors (Lipinski definition) is 2. The van der Waals surface area contributed by atoms with E-state index in [9.17, 15) is 18.0 Å². The van der Waals surface area contributed by atoms with Gasteiger partial charge in [-0.05, 0) is 18.8 Å². The summed E-state index contributed by atoms with van der Waals surface area (Å²) < 4.78 is 35.2. The van der Waals surface area contributed by atoms with E-state index in [-0.39, 0.29) is 12.6 Å². The lowest BCUT2D eigenvalue weighted by molar-refractivity contribution is -0.122. The summed E-state index contributed by atoms with van der Waals surface area (Å²) in [7, 11) is 0. The predicted octanol–water partition coefficient (Wildman–Crippen LogP) is 0.585. The zero-order chi connectivity index (χ0) is 11.5. The molecule has 0 saturated heterocycles. The molecule has 7 heteroatoms. The van der Waals surface area contributed by atoms with Gasteiger partial charge in [-0.15, -0.1) is 0 Å². The summed E-state index contributed by atoms with van der Waals surface area (Å²) in [6, 6.07) is -1.02. The van der Waals surface area contributed by atoms with Crippen LogP contribution in [0.1, 0.15) is 12.8 Å². The highest BCUT2D eigenvalue weighted by atomic mass is 19.4. The molecule has 0 aromatic heterocycles. The molecule has 1 saturated carbocycles. The molecular weight excluding hydrogens is 211 g/mol. The SMILES string of the molecule is NCC(NC(=O)NCC(F)(F)F)C1CC1. The number of carbonyl (C=O) groups is 1. The fourth-order valence-electron chi connectivity index (χ4n) is 1.27. The van der Waals surface area contributed by atoms with E-state index < -0.39 is 18.8 Å². The molecule has 0 aromatic rings. The van der Waals surface area contributed by atoms with Crippen molar-refractivity contribution in [3.05, 3.63) is 0 Å². The summed E-state index contributed by atoms with van der Waals surface area (Å²) in [6.07, 6.45) is -2.43. The fourth-order valence-corrected chi connectivity index (χ4v) is 1.27. The molecule has 4 nitrogen and oxygen atoms in total. The standard InChI is InChI=1S/C8H14F3N3O/c9-8(10,11)4-13-7(15)14-6(3-12)5-1-2-5/h5-6H,1-4,12H2,(H2,13,14,15). The third kappa shape index (κ3) is 4.87. The molecule has 0 aromatic carbocycles. The summed E-state index contributed by atoms with van der Waals surface area (Å²) in [5.74, 6) is 0.326. The molecule has 0 spiro atoms. The average molecular weight is 225 g/mol. The van der Waals surface area contributed by atoms with E-state index in [0.29, 0.717) is 5.92 Å². The van der Waals surface area contributed by atoms with Gasteiger partial charge in [-0.25, -0.2) is 4.79 Å². The van der Waals surface area contributed by atoms with E-state index in [2.05, 4.69) is 5.32 Å². The quantitative estimate of drug-likeness (QED) is 0.655. The molecule has 1 fully saturated rings. The third-order valence-electron chi connectivity index (χ3n) is 2.21. The Kier molecular flexibility index (Phi) is 3.78. The van der Waals surface area contributed by atoms with Crippen molar-refractivity contribution in [2.45, 2.75) is 25.1 Å². The minimum Gasteiger partial charge on any atom is -0.334 e. The zero-order valence-corrected chi connectivity index (χ0v) is 8.10. The van der Waals surface area contributed by atoms with E-state index in [0.717, 1.165) is 12.8 Å². The average Bonchev–Trinajstić information content (AvgIpc) is 2.93. The summed E-state index contributed by atoms with van der Waals surface area (Å²) in [4.78, 5) is 11.0. The lowest BCUT2D eigenvalue weighted by Crippen LogP contribution is -2.48. The topological polar surface area (TPSA) is 67.1 Å². The summed E-state index contributed by atoms with van der Waals surface area (Å²) in [6.45, 7) is -1.06. The van der Waals surface area contributed by atoms with Crippen LogP contribution in [0.2, 0.25) is 0 Å². The Morgan fingerprint density at radius 1 is 1.47 bits per heavy atom. The molecule has 0 radical (unpaired) electrons. The second-order valence-corrected chi connectivity index (χ2v) is 3.62. The second kappa shape index (κ2) is 4.69. The van der Waals surface area contributed by atoms with Crippen LogP contribution in [0.25, 0.3) is 0 Å². The number of nitrogens with two attached hydrogens (primary N) is 1. The number of amides is 2. The van der Waals surface area contributed by atoms with Gasteiger partial charge in [0.05, 0.1) is 0 Å². The number of carbonyl (C=O) groups excluding carboxylic acids is 1. The van der Waals surface area contributed by atoms with Gasteiger partial charge >= 0.3 is 12.2 Å². The molecular formula is C8H14F3N3O. The van der Waals surface area contributed by atoms with Crippen molar-refractivity contribution in [1.82, 2.24) is 10.6 Å². The van der Waals surface area contributed by atoms with Gasteiger partial charge in [-0.3, -0.25) is 0 Å². The number of rotatable bonds is 4. The first-order valence-corrected chi connectivity index (χ1v) is 4.73. The molecule has 1 aliphatic carbocycles. The highest BCUT2D eigenvalue weighted by Crippen LogP contribution is 2.32. The Balaban J connectivity index is 2.22. The zero-order valence-electron chi connectivity index (χ0n) is 8.10. The highest BCUT2D eigenvalue weighted by molar-refractivity contribution is 5.74. The highest BCUT2D eigenvalue weighted by Gasteiger charge is 2.32. The first kappa shape index (κ1) is 12.1. The van der Waals surface area contributed by atoms with Crippen LogP contribution in [0.5, 0.6) is 0 Å². The van der Waals surface area contributed by atoms with Crippen molar-refractivity contribution in [1.29, 1.82) is 0 Å². The van der Waals surface area contributed by atoms with E-state index in [1.807, 2.05) is 0 Å². The van der Waals surface area contributed by atoms with Crippen LogP contribution >= 0.6 is 0 Å². The van der Waals surface area contributed by atoms with Crippen molar-refractivity contribution >= 4 is 6.03 Å². The van der Waals surface area contributed by atoms with Gasteiger partial charge in [-0.1, -0.05) is 0 Å². The Morgan fingerprint density at radius 3 is 2.47 bits per heavy atom. The van der Waals surface area contributed by atoms with Crippen LogP contribution in [0, 0.1) is 5.92 Å². The Hall–Kier alpha value is -0.980. The Morgan fingerprint density at radius 2 is 2.07 bits per heavy atom. The molecule has 1 unspecified atom stereocenters. The largest absolute Gasteiger partial charge is 0.405 e. The van der Waals surface area contributed by atoms with Crippen LogP contribution in [0.4, 0.5) is 18.0 Å².